The van der Waals surface area contributed by atoms with Gasteiger partial charge in [0.15, 0.2) is 17.3 Å². The molecule has 5 aliphatic rings. The summed E-state index contributed by atoms with van der Waals surface area (Å²) in [6.45, 7) is 7.88. The Morgan fingerprint density at radius 1 is 1.04 bits per heavy atom. The van der Waals surface area contributed by atoms with Gasteiger partial charge in [0.05, 0.1) is 11.4 Å². The van der Waals surface area contributed by atoms with E-state index in [2.05, 4.69) is 39.9 Å². The molecule has 0 N–H and O–H groups in total. The van der Waals surface area contributed by atoms with Crippen LogP contribution in [0.25, 0.3) is 0 Å². The van der Waals surface area contributed by atoms with E-state index in [1.54, 1.807) is 0 Å². The summed E-state index contributed by atoms with van der Waals surface area (Å²) in [5.41, 5.74) is 3.38. The number of hydrogen-bond donors (Lipinski definition) is 0. The normalized spacial score (nSPS) is 32.6. The van der Waals surface area contributed by atoms with Crippen molar-refractivity contribution >= 4 is 5.82 Å². The van der Waals surface area contributed by atoms with Crippen molar-refractivity contribution in [1.82, 2.24) is 14.9 Å². The van der Waals surface area contributed by atoms with E-state index in [0.717, 1.165) is 41.2 Å². The second kappa shape index (κ2) is 6.08. The highest BCUT2D eigenvalue weighted by Gasteiger charge is 2.54. The van der Waals surface area contributed by atoms with Gasteiger partial charge in [-0.2, -0.15) is 0 Å². The highest BCUT2D eigenvalue weighted by atomic mass is 16.7. The van der Waals surface area contributed by atoms with E-state index < -0.39 is 0 Å². The number of rotatable bonds is 2. The minimum atomic E-state index is 0.327. The van der Waals surface area contributed by atoms with Crippen LogP contribution in [-0.2, 0) is 0 Å². The first-order chi connectivity index (χ1) is 13.7. The zero-order chi connectivity index (χ0) is 18.8. The Morgan fingerprint density at radius 2 is 1.86 bits per heavy atom. The van der Waals surface area contributed by atoms with Crippen LogP contribution >= 0.6 is 0 Å². The topological polar surface area (TPSA) is 50.7 Å². The maximum absolute atomic E-state index is 5.67. The smallest absolute Gasteiger partial charge is 0.231 e. The molecule has 3 atom stereocenters. The molecule has 2 aromatic rings. The summed E-state index contributed by atoms with van der Waals surface area (Å²) >= 11 is 0. The van der Waals surface area contributed by atoms with Crippen molar-refractivity contribution in [1.29, 1.82) is 0 Å². The van der Waals surface area contributed by atoms with Crippen LogP contribution in [0.4, 0.5) is 5.82 Å². The standard InChI is InChI=1S/C22H26N4O2/c1-13-10-23-14(2)22(24-13)26-11-17(16-3-4-18-19(9-16)28-12-27-18)21-20(26)15-5-7-25(21)8-6-15/h3-4,9-10,15,17,20-21H,5-8,11-12H2,1-2H3/t17-,20+,21+/m0/s1. The molecule has 6 nitrogen and oxygen atoms in total. The third kappa shape index (κ3) is 2.37. The average Bonchev–Trinajstić information content (AvgIpc) is 3.36. The van der Waals surface area contributed by atoms with Gasteiger partial charge in [-0.05, 0) is 63.4 Å². The first-order valence-corrected chi connectivity index (χ1v) is 10.4. The van der Waals surface area contributed by atoms with E-state index in [-0.39, 0.29) is 0 Å². The third-order valence-corrected chi connectivity index (χ3v) is 7.14. The van der Waals surface area contributed by atoms with Crippen molar-refractivity contribution in [2.75, 3.05) is 31.3 Å². The number of hydrogen-bond acceptors (Lipinski definition) is 6. The van der Waals surface area contributed by atoms with E-state index in [1.807, 2.05) is 13.1 Å². The molecule has 1 aromatic heterocycles. The summed E-state index contributed by atoms with van der Waals surface area (Å²) in [5, 5.41) is 0. The van der Waals surface area contributed by atoms with Crippen molar-refractivity contribution in [2.45, 2.75) is 44.7 Å². The fourth-order valence-electron chi connectivity index (χ4n) is 5.90. The minimum Gasteiger partial charge on any atom is -0.454 e. The van der Waals surface area contributed by atoms with Gasteiger partial charge in [-0.1, -0.05) is 6.07 Å². The number of ether oxygens (including phenoxy) is 2. The Hall–Kier alpha value is -2.34. The number of piperidine rings is 3. The van der Waals surface area contributed by atoms with Gasteiger partial charge < -0.3 is 14.4 Å². The minimum absolute atomic E-state index is 0.327. The number of aryl methyl sites for hydroxylation is 2. The Morgan fingerprint density at radius 3 is 2.71 bits per heavy atom. The molecule has 0 amide bonds. The lowest BCUT2D eigenvalue weighted by Crippen LogP contribution is -2.60. The average molecular weight is 378 g/mol. The predicted molar refractivity (Wildman–Crippen MR) is 106 cm³/mol. The molecule has 0 aliphatic carbocycles. The first-order valence-electron chi connectivity index (χ1n) is 10.4. The Labute approximate surface area is 165 Å². The zero-order valence-electron chi connectivity index (χ0n) is 16.5. The van der Waals surface area contributed by atoms with Crippen molar-refractivity contribution < 1.29 is 9.47 Å². The van der Waals surface area contributed by atoms with Gasteiger partial charge in [0.1, 0.15) is 0 Å². The fourth-order valence-corrected chi connectivity index (χ4v) is 5.90. The van der Waals surface area contributed by atoms with Gasteiger partial charge in [-0.3, -0.25) is 9.88 Å². The number of aromatic nitrogens is 2. The summed E-state index contributed by atoms with van der Waals surface area (Å²) < 4.78 is 11.2. The van der Waals surface area contributed by atoms with Crippen molar-refractivity contribution in [3.63, 3.8) is 0 Å². The van der Waals surface area contributed by atoms with E-state index in [4.69, 9.17) is 14.5 Å². The number of benzene rings is 1. The Kier molecular flexibility index (Phi) is 3.60. The quantitative estimate of drug-likeness (QED) is 0.801. The number of fused-ring (bicyclic) bond motifs is 3. The molecule has 0 saturated carbocycles. The summed E-state index contributed by atoms with van der Waals surface area (Å²) in [5.74, 6) is 4.02. The van der Waals surface area contributed by atoms with Crippen LogP contribution < -0.4 is 14.4 Å². The van der Waals surface area contributed by atoms with E-state index in [0.29, 0.717) is 24.8 Å². The van der Waals surface area contributed by atoms with Crippen molar-refractivity contribution in [2.24, 2.45) is 5.92 Å². The second-order valence-corrected chi connectivity index (χ2v) is 8.65. The summed E-state index contributed by atoms with van der Waals surface area (Å²) in [4.78, 5) is 14.8. The van der Waals surface area contributed by atoms with Crippen molar-refractivity contribution in [3.8, 4) is 11.5 Å². The third-order valence-electron chi connectivity index (χ3n) is 7.14. The van der Waals surface area contributed by atoms with Gasteiger partial charge in [0.2, 0.25) is 6.79 Å². The largest absolute Gasteiger partial charge is 0.454 e. The van der Waals surface area contributed by atoms with Crippen LogP contribution in [0.3, 0.4) is 0 Å². The summed E-state index contributed by atoms with van der Waals surface area (Å²) in [6.07, 6.45) is 4.46. The molecule has 4 fully saturated rings. The molecule has 1 aromatic carbocycles. The molecule has 146 valence electrons. The van der Waals surface area contributed by atoms with Gasteiger partial charge in [-0.25, -0.2) is 4.98 Å². The molecule has 28 heavy (non-hydrogen) atoms. The van der Waals surface area contributed by atoms with Crippen LogP contribution in [0.15, 0.2) is 24.4 Å². The maximum atomic E-state index is 5.67. The molecular formula is C22H26N4O2. The Balaban J connectivity index is 1.43. The van der Waals surface area contributed by atoms with Crippen LogP contribution in [0, 0.1) is 19.8 Å². The van der Waals surface area contributed by atoms with Gasteiger partial charge in [0, 0.05) is 30.7 Å². The zero-order valence-corrected chi connectivity index (χ0v) is 16.5. The molecule has 5 aliphatic heterocycles. The SMILES string of the molecule is Cc1cnc(C)c(N2C[C@@H](c3ccc4c(c3)OCO4)[C@@H]3[C@H]2C2CCN3CC2)n1. The fraction of sp³-hybridized carbons (Fsp3) is 0.545. The lowest BCUT2D eigenvalue weighted by molar-refractivity contribution is 0.0354. The van der Waals surface area contributed by atoms with Crippen LogP contribution in [0.5, 0.6) is 11.5 Å². The maximum Gasteiger partial charge on any atom is 0.231 e. The molecular weight excluding hydrogens is 352 g/mol. The van der Waals surface area contributed by atoms with E-state index in [9.17, 15) is 0 Å². The van der Waals surface area contributed by atoms with Gasteiger partial charge in [-0.15, -0.1) is 0 Å². The molecule has 4 saturated heterocycles. The van der Waals surface area contributed by atoms with Crippen LogP contribution in [-0.4, -0.2) is 53.4 Å². The van der Waals surface area contributed by atoms with E-state index >= 15 is 0 Å². The van der Waals surface area contributed by atoms with Crippen LogP contribution in [0.1, 0.15) is 35.7 Å². The number of nitrogens with zero attached hydrogens (tertiary/aromatic N) is 4. The summed E-state index contributed by atoms with van der Waals surface area (Å²) in [6, 6.07) is 7.56. The molecule has 0 radical (unpaired) electrons. The molecule has 6 heterocycles. The molecule has 6 heteroatoms. The molecule has 7 rings (SSSR count). The van der Waals surface area contributed by atoms with Crippen molar-refractivity contribution in [3.05, 3.63) is 41.3 Å². The molecule has 0 unspecified atom stereocenters. The van der Waals surface area contributed by atoms with E-state index in [1.165, 1.54) is 31.5 Å². The second-order valence-electron chi connectivity index (χ2n) is 8.65. The Bertz CT molecular complexity index is 925. The highest BCUT2D eigenvalue weighted by Crippen LogP contribution is 2.49. The van der Waals surface area contributed by atoms with Crippen LogP contribution in [0.2, 0.25) is 0 Å². The lowest BCUT2D eigenvalue weighted by atomic mass is 9.75. The molecule has 2 bridgehead atoms. The highest BCUT2D eigenvalue weighted by molar-refractivity contribution is 5.52. The van der Waals surface area contributed by atoms with Gasteiger partial charge in [0.25, 0.3) is 0 Å². The lowest BCUT2D eigenvalue weighted by Gasteiger charge is -2.51. The first kappa shape index (κ1) is 16.6. The summed E-state index contributed by atoms with van der Waals surface area (Å²) in [7, 11) is 0. The predicted octanol–water partition coefficient (Wildman–Crippen LogP) is 2.89. The van der Waals surface area contributed by atoms with Gasteiger partial charge >= 0.3 is 0 Å². The number of anilines is 1. The monoisotopic (exact) mass is 378 g/mol. The molecule has 0 spiro atoms.